The van der Waals surface area contributed by atoms with Gasteiger partial charge in [-0.1, -0.05) is 32.0 Å². The van der Waals surface area contributed by atoms with E-state index in [0.29, 0.717) is 6.61 Å². The third-order valence-corrected chi connectivity index (χ3v) is 3.38. The summed E-state index contributed by atoms with van der Waals surface area (Å²) < 4.78 is 5.72. The summed E-state index contributed by atoms with van der Waals surface area (Å²) in [6, 6.07) is 10.4. The fraction of sp³-hybridized carbons (Fsp3) is 0.316. The van der Waals surface area contributed by atoms with E-state index in [-0.39, 0.29) is 0 Å². The number of hydrogen-bond donors (Lipinski definition) is 1. The first-order valence-electron chi connectivity index (χ1n) is 7.92. The number of pyridine rings is 1. The van der Waals surface area contributed by atoms with E-state index in [1.807, 2.05) is 33.0 Å². The molecule has 0 fully saturated rings. The average Bonchev–Trinajstić information content (AvgIpc) is 2.97. The molecule has 3 heteroatoms. The molecule has 0 radical (unpaired) electrons. The van der Waals surface area contributed by atoms with Crippen molar-refractivity contribution in [2.75, 3.05) is 6.61 Å². The van der Waals surface area contributed by atoms with E-state index in [0.717, 1.165) is 24.2 Å². The minimum absolute atomic E-state index is 0.713. The van der Waals surface area contributed by atoms with E-state index < -0.39 is 0 Å². The Balaban J connectivity index is 0.000000847. The highest BCUT2D eigenvalue weighted by Crippen LogP contribution is 2.19. The van der Waals surface area contributed by atoms with E-state index in [2.05, 4.69) is 40.4 Å². The van der Waals surface area contributed by atoms with Gasteiger partial charge in [-0.3, -0.25) is 4.98 Å². The highest BCUT2D eigenvalue weighted by Gasteiger charge is 2.02. The van der Waals surface area contributed by atoms with Crippen molar-refractivity contribution in [3.05, 3.63) is 60.0 Å². The summed E-state index contributed by atoms with van der Waals surface area (Å²) >= 11 is 0. The van der Waals surface area contributed by atoms with Crippen molar-refractivity contribution in [3.63, 3.8) is 0 Å². The number of H-pyrrole nitrogens is 1. The maximum absolute atomic E-state index is 5.72. The van der Waals surface area contributed by atoms with Gasteiger partial charge >= 0.3 is 0 Å². The number of nitrogens with one attached hydrogen (secondary N) is 1. The Bertz CT molecular complexity index is 703. The van der Waals surface area contributed by atoms with Crippen LogP contribution < -0.4 is 4.74 Å². The SMILES string of the molecule is CC.Cc1cncc(OCCCc2c[nH]c3ccccc23)c1. The summed E-state index contributed by atoms with van der Waals surface area (Å²) in [5.74, 6) is 0.851. The minimum atomic E-state index is 0.713. The molecule has 0 amide bonds. The van der Waals surface area contributed by atoms with Crippen molar-refractivity contribution in [1.82, 2.24) is 9.97 Å². The van der Waals surface area contributed by atoms with E-state index in [1.165, 1.54) is 16.5 Å². The zero-order valence-electron chi connectivity index (χ0n) is 13.6. The Morgan fingerprint density at radius 3 is 2.77 bits per heavy atom. The van der Waals surface area contributed by atoms with Crippen molar-refractivity contribution in [2.45, 2.75) is 33.6 Å². The summed E-state index contributed by atoms with van der Waals surface area (Å²) in [5.41, 5.74) is 3.68. The molecule has 3 rings (SSSR count). The summed E-state index contributed by atoms with van der Waals surface area (Å²) in [7, 11) is 0. The Morgan fingerprint density at radius 2 is 1.95 bits per heavy atom. The van der Waals surface area contributed by atoms with Crippen LogP contribution in [0.5, 0.6) is 5.75 Å². The van der Waals surface area contributed by atoms with Gasteiger partial charge in [0, 0.05) is 23.3 Å². The van der Waals surface area contributed by atoms with Crippen LogP contribution in [0.2, 0.25) is 0 Å². The average molecular weight is 296 g/mol. The fourth-order valence-electron chi connectivity index (χ4n) is 2.40. The van der Waals surface area contributed by atoms with Gasteiger partial charge in [0.2, 0.25) is 0 Å². The molecule has 0 bridgehead atoms. The van der Waals surface area contributed by atoms with Crippen LogP contribution in [0.15, 0.2) is 48.9 Å². The van der Waals surface area contributed by atoms with Crippen LogP contribution in [-0.4, -0.2) is 16.6 Å². The largest absolute Gasteiger partial charge is 0.492 e. The van der Waals surface area contributed by atoms with E-state index >= 15 is 0 Å². The lowest BCUT2D eigenvalue weighted by Crippen LogP contribution is -1.99. The zero-order valence-corrected chi connectivity index (χ0v) is 13.6. The van der Waals surface area contributed by atoms with Crippen LogP contribution in [0.1, 0.15) is 31.4 Å². The third kappa shape index (κ3) is 4.10. The molecule has 22 heavy (non-hydrogen) atoms. The number of aryl methyl sites for hydroxylation is 2. The zero-order chi connectivity index (χ0) is 15.8. The predicted octanol–water partition coefficient (Wildman–Crippen LogP) is 4.91. The lowest BCUT2D eigenvalue weighted by atomic mass is 10.1. The Morgan fingerprint density at radius 1 is 1.14 bits per heavy atom. The molecule has 1 aromatic carbocycles. The Hall–Kier alpha value is -2.29. The number of rotatable bonds is 5. The first-order chi connectivity index (χ1) is 10.8. The smallest absolute Gasteiger partial charge is 0.137 e. The molecule has 0 aliphatic carbocycles. The number of nitrogens with zero attached hydrogens (tertiary/aromatic N) is 1. The van der Waals surface area contributed by atoms with Gasteiger partial charge < -0.3 is 9.72 Å². The lowest BCUT2D eigenvalue weighted by molar-refractivity contribution is 0.310. The van der Waals surface area contributed by atoms with Gasteiger partial charge in [0.15, 0.2) is 0 Å². The quantitative estimate of drug-likeness (QED) is 0.679. The number of para-hydroxylation sites is 1. The van der Waals surface area contributed by atoms with E-state index in [9.17, 15) is 0 Å². The molecule has 3 aromatic rings. The van der Waals surface area contributed by atoms with Gasteiger partial charge in [-0.05, 0) is 43.0 Å². The maximum atomic E-state index is 5.72. The normalized spacial score (nSPS) is 10.1. The van der Waals surface area contributed by atoms with Crippen LogP contribution >= 0.6 is 0 Å². The first-order valence-corrected chi connectivity index (χ1v) is 7.92. The molecule has 3 nitrogen and oxygen atoms in total. The first kappa shape index (κ1) is 16.1. The molecule has 0 saturated heterocycles. The standard InChI is InChI=1S/C17H18N2O.C2H6/c1-13-9-15(12-18-10-13)20-8-4-5-14-11-19-17-7-3-2-6-16(14)17;1-2/h2-3,6-7,9-12,19H,4-5,8H2,1H3;1-2H3. The summed E-state index contributed by atoms with van der Waals surface area (Å²) in [4.78, 5) is 7.43. The van der Waals surface area contributed by atoms with Crippen LogP contribution in [0.3, 0.4) is 0 Å². The topological polar surface area (TPSA) is 37.9 Å². The van der Waals surface area contributed by atoms with Crippen LogP contribution in [0.25, 0.3) is 10.9 Å². The van der Waals surface area contributed by atoms with E-state index in [1.54, 1.807) is 6.20 Å². The van der Waals surface area contributed by atoms with Gasteiger partial charge in [-0.2, -0.15) is 0 Å². The fourth-order valence-corrected chi connectivity index (χ4v) is 2.40. The maximum Gasteiger partial charge on any atom is 0.137 e. The number of aromatic nitrogens is 2. The van der Waals surface area contributed by atoms with Gasteiger partial charge in [0.05, 0.1) is 12.8 Å². The Labute approximate surface area is 132 Å². The molecule has 2 heterocycles. The van der Waals surface area contributed by atoms with Crippen molar-refractivity contribution in [2.24, 2.45) is 0 Å². The van der Waals surface area contributed by atoms with Crippen LogP contribution in [0.4, 0.5) is 0 Å². The molecule has 2 aromatic heterocycles. The van der Waals surface area contributed by atoms with Gasteiger partial charge in [0.25, 0.3) is 0 Å². The predicted molar refractivity (Wildman–Crippen MR) is 92.4 cm³/mol. The van der Waals surface area contributed by atoms with Crippen molar-refractivity contribution in [3.8, 4) is 5.75 Å². The molecular formula is C19H24N2O. The Kier molecular flexibility index (Phi) is 6.01. The molecule has 116 valence electrons. The van der Waals surface area contributed by atoms with Crippen LogP contribution in [0, 0.1) is 6.92 Å². The number of fused-ring (bicyclic) bond motifs is 1. The van der Waals surface area contributed by atoms with Crippen LogP contribution in [-0.2, 0) is 6.42 Å². The molecule has 0 aliphatic heterocycles. The van der Waals surface area contributed by atoms with Crippen molar-refractivity contribution in [1.29, 1.82) is 0 Å². The van der Waals surface area contributed by atoms with Gasteiger partial charge in [-0.15, -0.1) is 0 Å². The number of aromatic amines is 1. The molecular weight excluding hydrogens is 272 g/mol. The molecule has 0 atom stereocenters. The molecule has 0 aliphatic rings. The summed E-state index contributed by atoms with van der Waals surface area (Å²) in [6.45, 7) is 6.73. The lowest BCUT2D eigenvalue weighted by Gasteiger charge is -2.06. The molecule has 0 spiro atoms. The van der Waals surface area contributed by atoms with Gasteiger partial charge in [-0.25, -0.2) is 0 Å². The van der Waals surface area contributed by atoms with E-state index in [4.69, 9.17) is 4.74 Å². The van der Waals surface area contributed by atoms with Crippen molar-refractivity contribution < 1.29 is 4.74 Å². The number of benzene rings is 1. The molecule has 0 unspecified atom stereocenters. The minimum Gasteiger partial charge on any atom is -0.492 e. The second kappa shape index (κ2) is 8.23. The second-order valence-corrected chi connectivity index (χ2v) is 5.01. The molecule has 1 N–H and O–H groups in total. The van der Waals surface area contributed by atoms with Crippen molar-refractivity contribution >= 4 is 10.9 Å². The van der Waals surface area contributed by atoms with Gasteiger partial charge in [0.1, 0.15) is 5.75 Å². The number of hydrogen-bond acceptors (Lipinski definition) is 2. The second-order valence-electron chi connectivity index (χ2n) is 5.01. The highest BCUT2D eigenvalue weighted by atomic mass is 16.5. The monoisotopic (exact) mass is 296 g/mol. The third-order valence-electron chi connectivity index (χ3n) is 3.38. The highest BCUT2D eigenvalue weighted by molar-refractivity contribution is 5.82. The molecule has 0 saturated carbocycles. The summed E-state index contributed by atoms with van der Waals surface area (Å²) in [6.07, 6.45) is 7.70. The number of ether oxygens (including phenoxy) is 1. The summed E-state index contributed by atoms with van der Waals surface area (Å²) in [5, 5.41) is 1.31.